The van der Waals surface area contributed by atoms with Crippen LogP contribution in [0.15, 0.2) is 48.5 Å². The molecule has 0 fully saturated rings. The van der Waals surface area contributed by atoms with Crippen molar-refractivity contribution < 1.29 is 51.2 Å². The molecule has 0 saturated heterocycles. The minimum atomic E-state index is -4.45. The second kappa shape index (κ2) is 15.0. The van der Waals surface area contributed by atoms with E-state index in [1.54, 1.807) is 31.2 Å². The number of carbonyl (C=O) groups excluding carboxylic acids is 1. The number of amides is 1. The molecule has 12 heteroatoms. The number of alkyl halides is 3. The summed E-state index contributed by atoms with van der Waals surface area (Å²) in [6.45, 7) is 0.321. The Bertz CT molecular complexity index is 986. The molecule has 2 rings (SSSR count). The van der Waals surface area contributed by atoms with Gasteiger partial charge >= 0.3 is 18.2 Å². The van der Waals surface area contributed by atoms with E-state index >= 15 is 0 Å². The van der Waals surface area contributed by atoms with Crippen molar-refractivity contribution in [2.75, 3.05) is 39.5 Å². The van der Waals surface area contributed by atoms with E-state index in [0.29, 0.717) is 5.75 Å². The predicted octanol–water partition coefficient (Wildman–Crippen LogP) is 4.71. The summed E-state index contributed by atoms with van der Waals surface area (Å²) in [7, 11) is 0. The average molecular weight is 531 g/mol. The third-order valence-electron chi connectivity index (χ3n) is 4.89. The largest absolute Gasteiger partial charge is 0.492 e. The second-order valence-corrected chi connectivity index (χ2v) is 7.79. The third kappa shape index (κ3) is 11.5. The molecule has 8 nitrogen and oxygen atoms in total. The molecular weight excluding hydrogens is 502 g/mol. The van der Waals surface area contributed by atoms with E-state index in [-0.39, 0.29) is 51.5 Å². The third-order valence-corrected chi connectivity index (χ3v) is 4.89. The Kier molecular flexibility index (Phi) is 12.1. The summed E-state index contributed by atoms with van der Waals surface area (Å²) in [6, 6.07) is 12.0. The lowest BCUT2D eigenvalue weighted by atomic mass is 10.1. The summed E-state index contributed by atoms with van der Waals surface area (Å²) in [5, 5.41) is 9.20. The molecule has 204 valence electrons. The molecule has 0 saturated carbocycles. The van der Waals surface area contributed by atoms with Crippen molar-refractivity contribution >= 4 is 12.1 Å². The first-order valence-corrected chi connectivity index (χ1v) is 11.5. The number of ether oxygens (including phenoxy) is 4. The van der Waals surface area contributed by atoms with E-state index in [1.165, 1.54) is 23.1 Å². The number of para-hydroxylation sites is 1. The molecule has 0 bridgehead atoms. The first-order chi connectivity index (χ1) is 17.6. The Morgan fingerprint density at radius 1 is 1.03 bits per heavy atom. The molecule has 1 N–H and O–H groups in total. The van der Waals surface area contributed by atoms with Crippen LogP contribution in [0.5, 0.6) is 11.5 Å². The molecule has 2 aromatic carbocycles. The minimum absolute atomic E-state index is 0.000261. The molecular formula is C25H29F4NO7. The maximum Gasteiger partial charge on any atom is 0.415 e. The molecule has 0 aliphatic carbocycles. The Morgan fingerprint density at radius 2 is 1.73 bits per heavy atom. The number of nitrogens with zero attached hydrogens (tertiary/aromatic N) is 1. The highest BCUT2D eigenvalue weighted by molar-refractivity contribution is 5.72. The van der Waals surface area contributed by atoms with Gasteiger partial charge in [0, 0.05) is 26.2 Å². The summed E-state index contributed by atoms with van der Waals surface area (Å²) in [6.07, 6.45) is -6.05. The normalized spacial score (nSPS) is 12.1. The molecule has 1 amide bonds. The summed E-state index contributed by atoms with van der Waals surface area (Å²) < 4.78 is 71.1. The predicted molar refractivity (Wildman–Crippen MR) is 124 cm³/mol. The summed E-state index contributed by atoms with van der Waals surface area (Å²) in [5.74, 6) is -1.64. The number of hydrogen-bond donors (Lipinski definition) is 1. The number of hydrogen-bond acceptors (Lipinski definition) is 6. The van der Waals surface area contributed by atoms with E-state index in [1.807, 2.05) is 0 Å². The molecule has 0 heterocycles. The maximum absolute atomic E-state index is 13.9. The van der Waals surface area contributed by atoms with Gasteiger partial charge in [0.2, 0.25) is 0 Å². The van der Waals surface area contributed by atoms with Crippen LogP contribution in [0.2, 0.25) is 0 Å². The van der Waals surface area contributed by atoms with Crippen LogP contribution in [-0.2, 0) is 20.7 Å². The standard InChI is InChI=1S/C25H29F4NO7/c1-2-35-22(23(31)32)16-18-8-10-19(11-9-18)36-15-13-30(12-5-14-34-17-25(27,28)29)24(33)37-21-7-4-3-6-20(21)26/h3-4,6-11,22H,2,5,12-17H2,1H3,(H,31,32). The van der Waals surface area contributed by atoms with E-state index in [2.05, 4.69) is 4.74 Å². The highest BCUT2D eigenvalue weighted by Gasteiger charge is 2.27. The monoisotopic (exact) mass is 531 g/mol. The molecule has 0 aromatic heterocycles. The zero-order valence-corrected chi connectivity index (χ0v) is 20.2. The highest BCUT2D eigenvalue weighted by atomic mass is 19.4. The molecule has 0 aliphatic heterocycles. The van der Waals surface area contributed by atoms with Gasteiger partial charge in [-0.25, -0.2) is 14.0 Å². The SMILES string of the molecule is CCOC(Cc1ccc(OCCN(CCCOCC(F)(F)F)C(=O)Oc2ccccc2F)cc1)C(=O)O. The molecule has 37 heavy (non-hydrogen) atoms. The molecule has 0 spiro atoms. The summed E-state index contributed by atoms with van der Waals surface area (Å²) in [4.78, 5) is 25.0. The number of carbonyl (C=O) groups is 2. The van der Waals surface area contributed by atoms with E-state index in [0.717, 1.165) is 11.6 Å². The van der Waals surface area contributed by atoms with Gasteiger partial charge in [-0.05, 0) is 43.2 Å². The highest BCUT2D eigenvalue weighted by Crippen LogP contribution is 2.18. The van der Waals surface area contributed by atoms with Crippen LogP contribution in [0.3, 0.4) is 0 Å². The van der Waals surface area contributed by atoms with Crippen molar-refractivity contribution in [2.45, 2.75) is 32.0 Å². The zero-order valence-electron chi connectivity index (χ0n) is 20.2. The van der Waals surface area contributed by atoms with Gasteiger partial charge in [-0.15, -0.1) is 0 Å². The average Bonchev–Trinajstić information content (AvgIpc) is 2.84. The first kappa shape index (κ1) is 29.8. The molecule has 1 unspecified atom stereocenters. The zero-order chi connectivity index (χ0) is 27.3. The smallest absolute Gasteiger partial charge is 0.415 e. The maximum atomic E-state index is 13.9. The quantitative estimate of drug-likeness (QED) is 0.263. The lowest BCUT2D eigenvalue weighted by Gasteiger charge is -2.22. The molecule has 1 atom stereocenters. The number of halogens is 4. The van der Waals surface area contributed by atoms with E-state index < -0.39 is 36.8 Å². The lowest BCUT2D eigenvalue weighted by molar-refractivity contribution is -0.174. The molecule has 2 aromatic rings. The molecule has 0 aliphatic rings. The van der Waals surface area contributed by atoms with Crippen LogP contribution in [0.25, 0.3) is 0 Å². The van der Waals surface area contributed by atoms with Crippen molar-refractivity contribution in [3.05, 3.63) is 59.9 Å². The van der Waals surface area contributed by atoms with Crippen molar-refractivity contribution in [3.8, 4) is 11.5 Å². The second-order valence-electron chi connectivity index (χ2n) is 7.79. The minimum Gasteiger partial charge on any atom is -0.492 e. The molecule has 0 radical (unpaired) electrons. The van der Waals surface area contributed by atoms with Gasteiger partial charge in [0.25, 0.3) is 0 Å². The number of carboxylic acids is 1. The number of aliphatic carboxylic acids is 1. The van der Waals surface area contributed by atoms with Crippen molar-refractivity contribution in [1.82, 2.24) is 4.90 Å². The van der Waals surface area contributed by atoms with Gasteiger partial charge in [-0.1, -0.05) is 24.3 Å². The van der Waals surface area contributed by atoms with E-state index in [9.17, 15) is 32.3 Å². The van der Waals surface area contributed by atoms with Crippen LogP contribution in [0.1, 0.15) is 18.9 Å². The number of benzene rings is 2. The van der Waals surface area contributed by atoms with Gasteiger partial charge < -0.3 is 29.0 Å². The van der Waals surface area contributed by atoms with Gasteiger partial charge in [-0.2, -0.15) is 13.2 Å². The van der Waals surface area contributed by atoms with Crippen LogP contribution >= 0.6 is 0 Å². The Labute approximate surface area is 211 Å². The number of rotatable bonds is 15. The van der Waals surface area contributed by atoms with Crippen LogP contribution in [-0.4, -0.2) is 73.9 Å². The van der Waals surface area contributed by atoms with Gasteiger partial charge in [0.15, 0.2) is 17.7 Å². The Hall–Kier alpha value is -3.38. The summed E-state index contributed by atoms with van der Waals surface area (Å²) >= 11 is 0. The first-order valence-electron chi connectivity index (χ1n) is 11.5. The Morgan fingerprint density at radius 3 is 2.35 bits per heavy atom. The summed E-state index contributed by atoms with van der Waals surface area (Å²) in [5.41, 5.74) is 0.724. The van der Waals surface area contributed by atoms with Crippen LogP contribution < -0.4 is 9.47 Å². The lowest BCUT2D eigenvalue weighted by Crippen LogP contribution is -2.38. The fourth-order valence-corrected chi connectivity index (χ4v) is 3.15. The van der Waals surface area contributed by atoms with Crippen LogP contribution in [0.4, 0.5) is 22.4 Å². The topological polar surface area (TPSA) is 94.5 Å². The van der Waals surface area contributed by atoms with Gasteiger partial charge in [0.1, 0.15) is 19.0 Å². The Balaban J connectivity index is 1.92. The van der Waals surface area contributed by atoms with Crippen molar-refractivity contribution in [3.63, 3.8) is 0 Å². The van der Waals surface area contributed by atoms with Crippen molar-refractivity contribution in [1.29, 1.82) is 0 Å². The van der Waals surface area contributed by atoms with Gasteiger partial charge in [0.05, 0.1) is 6.54 Å². The van der Waals surface area contributed by atoms with Gasteiger partial charge in [-0.3, -0.25) is 0 Å². The van der Waals surface area contributed by atoms with E-state index in [4.69, 9.17) is 14.2 Å². The van der Waals surface area contributed by atoms with Crippen molar-refractivity contribution in [2.24, 2.45) is 0 Å². The number of carboxylic acid groups (broad SMARTS) is 1. The fourth-order valence-electron chi connectivity index (χ4n) is 3.15. The fraction of sp³-hybridized carbons (Fsp3) is 0.440. The van der Waals surface area contributed by atoms with Crippen LogP contribution in [0, 0.1) is 5.82 Å².